The Morgan fingerprint density at radius 3 is 3.11 bits per heavy atom. The molecule has 2 aromatic rings. The van der Waals surface area contributed by atoms with Crippen LogP contribution in [-0.4, -0.2) is 26.1 Å². The molecule has 0 amide bonds. The lowest BCUT2D eigenvalue weighted by Crippen LogP contribution is -2.18. The second-order valence-corrected chi connectivity index (χ2v) is 4.87. The van der Waals surface area contributed by atoms with Crippen LogP contribution in [0.5, 0.6) is 0 Å². The van der Waals surface area contributed by atoms with Gasteiger partial charge in [0.25, 0.3) is 0 Å². The summed E-state index contributed by atoms with van der Waals surface area (Å²) in [5.41, 5.74) is 1.37. The Kier molecular flexibility index (Phi) is 2.77. The van der Waals surface area contributed by atoms with Gasteiger partial charge in [0.2, 0.25) is 5.95 Å². The van der Waals surface area contributed by atoms with Gasteiger partial charge in [-0.05, 0) is 25.2 Å². The number of H-pyrrole nitrogens is 1. The van der Waals surface area contributed by atoms with Crippen LogP contribution in [0.2, 0.25) is 0 Å². The molecule has 0 atom stereocenters. The van der Waals surface area contributed by atoms with E-state index < -0.39 is 0 Å². The number of nitrogens with one attached hydrogen (secondary N) is 2. The predicted molar refractivity (Wildman–Crippen MR) is 68.8 cm³/mol. The number of fused-ring (bicyclic) bond motifs is 1. The monoisotopic (exact) mass is 247 g/mol. The number of aromatic amines is 1. The Bertz CT molecular complexity index is 610. The van der Waals surface area contributed by atoms with Crippen LogP contribution in [0.15, 0.2) is 10.9 Å². The standard InChI is InChI=1S/C12H17N5O/c1-2-3-9-6-10-15-16-12(18)17(10)11(14-9)13-7-8-4-5-8/h6,8H,2-5,7H2,1H3,(H,13,14)(H,16,18). The Morgan fingerprint density at radius 1 is 1.56 bits per heavy atom. The summed E-state index contributed by atoms with van der Waals surface area (Å²) < 4.78 is 1.50. The molecule has 1 fully saturated rings. The van der Waals surface area contributed by atoms with Gasteiger partial charge in [0.15, 0.2) is 5.65 Å². The molecule has 0 saturated heterocycles. The lowest BCUT2D eigenvalue weighted by molar-refractivity contribution is 0.835. The molecule has 0 bridgehead atoms. The van der Waals surface area contributed by atoms with Gasteiger partial charge in [0.1, 0.15) is 0 Å². The second kappa shape index (κ2) is 4.44. The molecule has 1 aliphatic carbocycles. The molecule has 6 nitrogen and oxygen atoms in total. The van der Waals surface area contributed by atoms with E-state index in [1.165, 1.54) is 17.2 Å². The summed E-state index contributed by atoms with van der Waals surface area (Å²) in [4.78, 5) is 16.2. The highest BCUT2D eigenvalue weighted by molar-refractivity contribution is 5.46. The average Bonchev–Trinajstić information content (AvgIpc) is 3.11. The molecule has 6 heteroatoms. The SMILES string of the molecule is CCCc1cc2n[nH]c(=O)n2c(NCC2CC2)n1. The van der Waals surface area contributed by atoms with Gasteiger partial charge in [-0.1, -0.05) is 13.3 Å². The second-order valence-electron chi connectivity index (χ2n) is 4.87. The number of nitrogens with zero attached hydrogens (tertiary/aromatic N) is 3. The van der Waals surface area contributed by atoms with Crippen molar-refractivity contribution in [3.63, 3.8) is 0 Å². The lowest BCUT2D eigenvalue weighted by atomic mass is 10.2. The van der Waals surface area contributed by atoms with Crippen molar-refractivity contribution in [2.24, 2.45) is 5.92 Å². The molecule has 0 aromatic carbocycles. The summed E-state index contributed by atoms with van der Waals surface area (Å²) in [6.45, 7) is 3.00. The zero-order chi connectivity index (χ0) is 12.5. The first-order valence-corrected chi connectivity index (χ1v) is 6.49. The number of aromatic nitrogens is 4. The van der Waals surface area contributed by atoms with Gasteiger partial charge in [-0.15, -0.1) is 0 Å². The van der Waals surface area contributed by atoms with Crippen molar-refractivity contribution in [2.75, 3.05) is 11.9 Å². The molecule has 0 aliphatic heterocycles. The van der Waals surface area contributed by atoms with Crippen molar-refractivity contribution in [3.8, 4) is 0 Å². The van der Waals surface area contributed by atoms with Crippen LogP contribution in [0.4, 0.5) is 5.95 Å². The number of hydrogen-bond acceptors (Lipinski definition) is 4. The quantitative estimate of drug-likeness (QED) is 0.832. The third-order valence-corrected chi connectivity index (χ3v) is 3.21. The van der Waals surface area contributed by atoms with Crippen LogP contribution in [0.1, 0.15) is 31.9 Å². The van der Waals surface area contributed by atoms with E-state index in [9.17, 15) is 4.79 Å². The van der Waals surface area contributed by atoms with E-state index in [1.807, 2.05) is 6.07 Å². The smallest absolute Gasteiger partial charge is 0.350 e. The molecule has 2 aromatic heterocycles. The molecule has 0 radical (unpaired) electrons. The van der Waals surface area contributed by atoms with Crippen molar-refractivity contribution in [2.45, 2.75) is 32.6 Å². The minimum atomic E-state index is -0.237. The van der Waals surface area contributed by atoms with Crippen molar-refractivity contribution in [1.82, 2.24) is 19.6 Å². The summed E-state index contributed by atoms with van der Waals surface area (Å²) >= 11 is 0. The molecule has 96 valence electrons. The topological polar surface area (TPSA) is 75.1 Å². The van der Waals surface area contributed by atoms with Gasteiger partial charge >= 0.3 is 5.69 Å². The van der Waals surface area contributed by atoms with E-state index in [-0.39, 0.29) is 5.69 Å². The molecule has 0 unspecified atom stereocenters. The van der Waals surface area contributed by atoms with E-state index in [2.05, 4.69) is 27.4 Å². The maximum atomic E-state index is 11.7. The number of aryl methyl sites for hydroxylation is 1. The van der Waals surface area contributed by atoms with E-state index >= 15 is 0 Å². The molecule has 1 saturated carbocycles. The third-order valence-electron chi connectivity index (χ3n) is 3.21. The van der Waals surface area contributed by atoms with Gasteiger partial charge in [0.05, 0.1) is 0 Å². The van der Waals surface area contributed by atoms with E-state index in [0.29, 0.717) is 11.6 Å². The summed E-state index contributed by atoms with van der Waals surface area (Å²) in [6.07, 6.45) is 4.46. The predicted octanol–water partition coefficient (Wildman–Crippen LogP) is 1.19. The molecule has 1 aliphatic rings. The fourth-order valence-corrected chi connectivity index (χ4v) is 2.04. The Labute approximate surface area is 104 Å². The van der Waals surface area contributed by atoms with Crippen LogP contribution >= 0.6 is 0 Å². The van der Waals surface area contributed by atoms with Gasteiger partial charge in [-0.3, -0.25) is 0 Å². The molecular weight excluding hydrogens is 230 g/mol. The van der Waals surface area contributed by atoms with Gasteiger partial charge in [-0.25, -0.2) is 19.3 Å². The Morgan fingerprint density at radius 2 is 2.39 bits per heavy atom. The summed E-state index contributed by atoms with van der Waals surface area (Å²) in [5, 5.41) is 9.74. The van der Waals surface area contributed by atoms with Crippen LogP contribution < -0.4 is 11.0 Å². The zero-order valence-electron chi connectivity index (χ0n) is 10.4. The number of anilines is 1. The first-order valence-electron chi connectivity index (χ1n) is 6.49. The normalized spacial score (nSPS) is 15.2. The van der Waals surface area contributed by atoms with Gasteiger partial charge < -0.3 is 5.32 Å². The fraction of sp³-hybridized carbons (Fsp3) is 0.583. The molecule has 0 spiro atoms. The Hall–Kier alpha value is -1.85. The van der Waals surface area contributed by atoms with E-state index in [4.69, 9.17) is 0 Å². The zero-order valence-corrected chi connectivity index (χ0v) is 10.4. The van der Waals surface area contributed by atoms with Gasteiger partial charge in [0, 0.05) is 18.3 Å². The maximum Gasteiger partial charge on any atom is 0.350 e. The van der Waals surface area contributed by atoms with E-state index in [0.717, 1.165) is 31.0 Å². The number of rotatable bonds is 5. The highest BCUT2D eigenvalue weighted by Crippen LogP contribution is 2.28. The minimum absolute atomic E-state index is 0.237. The molecule has 2 heterocycles. The summed E-state index contributed by atoms with van der Waals surface area (Å²) in [6, 6.07) is 1.86. The molecular formula is C12H17N5O. The van der Waals surface area contributed by atoms with Crippen molar-refractivity contribution >= 4 is 11.6 Å². The Balaban J connectivity index is 1.99. The maximum absolute atomic E-state index is 11.7. The minimum Gasteiger partial charge on any atom is -0.355 e. The number of hydrogen-bond donors (Lipinski definition) is 2. The van der Waals surface area contributed by atoms with Crippen LogP contribution in [0.25, 0.3) is 5.65 Å². The molecule has 18 heavy (non-hydrogen) atoms. The lowest BCUT2D eigenvalue weighted by Gasteiger charge is -2.08. The van der Waals surface area contributed by atoms with Crippen molar-refractivity contribution in [1.29, 1.82) is 0 Å². The fourth-order valence-electron chi connectivity index (χ4n) is 2.04. The van der Waals surface area contributed by atoms with Crippen molar-refractivity contribution in [3.05, 3.63) is 22.2 Å². The average molecular weight is 247 g/mol. The summed E-state index contributed by atoms with van der Waals surface area (Å²) in [7, 11) is 0. The van der Waals surface area contributed by atoms with Crippen LogP contribution in [-0.2, 0) is 6.42 Å². The van der Waals surface area contributed by atoms with Crippen molar-refractivity contribution < 1.29 is 0 Å². The third kappa shape index (κ3) is 2.10. The highest BCUT2D eigenvalue weighted by atomic mass is 16.1. The van der Waals surface area contributed by atoms with Crippen LogP contribution in [0.3, 0.4) is 0 Å². The van der Waals surface area contributed by atoms with Gasteiger partial charge in [-0.2, -0.15) is 5.10 Å². The molecule has 2 N–H and O–H groups in total. The van der Waals surface area contributed by atoms with E-state index in [1.54, 1.807) is 0 Å². The highest BCUT2D eigenvalue weighted by Gasteiger charge is 2.21. The van der Waals surface area contributed by atoms with Crippen LogP contribution in [0, 0.1) is 5.92 Å². The summed E-state index contributed by atoms with van der Waals surface area (Å²) in [5.74, 6) is 1.35. The first kappa shape index (κ1) is 11.3. The first-order chi connectivity index (χ1) is 8.78. The molecule has 3 rings (SSSR count). The largest absolute Gasteiger partial charge is 0.355 e.